The number of unbranched alkanes of at least 4 members (excludes halogenated alkanes) is 22. The van der Waals surface area contributed by atoms with Gasteiger partial charge in [0.25, 0.3) is 0 Å². The monoisotopic (exact) mass is 1250 g/mol. The maximum Gasteiger partial charge on any atom is 0.220 e. The van der Waals surface area contributed by atoms with Crippen molar-refractivity contribution in [3.05, 3.63) is 134 Å². The van der Waals surface area contributed by atoms with Crippen LogP contribution >= 0.6 is 0 Å². The lowest BCUT2D eigenvalue weighted by Crippen LogP contribution is -2.65. The van der Waals surface area contributed by atoms with E-state index in [1.54, 1.807) is 6.08 Å². The van der Waals surface area contributed by atoms with Gasteiger partial charge in [0.1, 0.15) is 48.8 Å². The second kappa shape index (κ2) is 58.0. The zero-order chi connectivity index (χ0) is 64.5. The van der Waals surface area contributed by atoms with Gasteiger partial charge in [-0.3, -0.25) is 4.79 Å². The molecule has 0 saturated carbocycles. The number of carbonyl (C=O) groups excluding carboxylic acids is 1. The Kier molecular flexibility index (Phi) is 52.9. The van der Waals surface area contributed by atoms with Crippen LogP contribution in [0.4, 0.5) is 0 Å². The molecule has 0 spiro atoms. The van der Waals surface area contributed by atoms with Crippen molar-refractivity contribution in [3.8, 4) is 0 Å². The lowest BCUT2D eigenvalue weighted by molar-refractivity contribution is -0.359. The predicted octanol–water partition coefficient (Wildman–Crippen LogP) is 14.3. The summed E-state index contributed by atoms with van der Waals surface area (Å²) < 4.78 is 22.8. The van der Waals surface area contributed by atoms with E-state index in [1.165, 1.54) is 116 Å². The fourth-order valence-electron chi connectivity index (χ4n) is 10.5. The summed E-state index contributed by atoms with van der Waals surface area (Å²) in [5.41, 5.74) is 0. The number of carbonyl (C=O) groups is 1. The van der Waals surface area contributed by atoms with E-state index in [-0.39, 0.29) is 18.9 Å². The Hall–Kier alpha value is -3.87. The minimum absolute atomic E-state index is 0.224. The highest BCUT2D eigenvalue weighted by molar-refractivity contribution is 5.76. The summed E-state index contributed by atoms with van der Waals surface area (Å²) in [6.45, 7) is 2.65. The van der Waals surface area contributed by atoms with Gasteiger partial charge in [0.2, 0.25) is 5.91 Å². The quantitative estimate of drug-likeness (QED) is 0.0204. The van der Waals surface area contributed by atoms with Crippen LogP contribution in [0.1, 0.15) is 239 Å². The fourth-order valence-corrected chi connectivity index (χ4v) is 10.5. The zero-order valence-electron chi connectivity index (χ0n) is 55.1. The van der Waals surface area contributed by atoms with Gasteiger partial charge >= 0.3 is 0 Å². The maximum atomic E-state index is 13.3. The summed E-state index contributed by atoms with van der Waals surface area (Å²) in [6.07, 6.45) is 69.3. The van der Waals surface area contributed by atoms with Crippen molar-refractivity contribution in [1.82, 2.24) is 5.32 Å². The van der Waals surface area contributed by atoms with Gasteiger partial charge in [-0.25, -0.2) is 0 Å². The van der Waals surface area contributed by atoms with Crippen LogP contribution in [0.5, 0.6) is 0 Å². The molecule has 0 aromatic heterocycles. The van der Waals surface area contributed by atoms with Gasteiger partial charge in [0, 0.05) is 6.42 Å². The number of hydrogen-bond donors (Lipinski definition) is 9. The van der Waals surface area contributed by atoms with E-state index in [9.17, 15) is 45.6 Å². The number of aliphatic hydroxyl groups excluding tert-OH is 8. The molecule has 508 valence electrons. The Morgan fingerprint density at radius 3 is 1.24 bits per heavy atom. The van der Waals surface area contributed by atoms with Crippen LogP contribution in [0, 0.1) is 0 Å². The Balaban J connectivity index is 1.74. The third-order valence-corrected chi connectivity index (χ3v) is 16.1. The van der Waals surface area contributed by atoms with Gasteiger partial charge in [0.15, 0.2) is 12.6 Å². The summed E-state index contributed by atoms with van der Waals surface area (Å²) in [4.78, 5) is 13.3. The molecule has 0 aromatic rings. The molecule has 12 unspecified atom stereocenters. The summed E-state index contributed by atoms with van der Waals surface area (Å²) in [5, 5.41) is 87.4. The Morgan fingerprint density at radius 2 is 0.787 bits per heavy atom. The zero-order valence-corrected chi connectivity index (χ0v) is 55.1. The molecule has 9 N–H and O–H groups in total. The van der Waals surface area contributed by atoms with E-state index in [0.29, 0.717) is 12.8 Å². The van der Waals surface area contributed by atoms with Crippen molar-refractivity contribution in [2.24, 2.45) is 0 Å². The van der Waals surface area contributed by atoms with Crippen LogP contribution < -0.4 is 5.32 Å². The van der Waals surface area contributed by atoms with Crippen LogP contribution in [0.3, 0.4) is 0 Å². The van der Waals surface area contributed by atoms with Gasteiger partial charge < -0.3 is 65.1 Å². The predicted molar refractivity (Wildman–Crippen MR) is 364 cm³/mol. The van der Waals surface area contributed by atoms with Crippen LogP contribution in [0.25, 0.3) is 0 Å². The molecular weight excluding hydrogens is 1120 g/mol. The average molecular weight is 1250 g/mol. The second-order valence-electron chi connectivity index (χ2n) is 23.9. The summed E-state index contributed by atoms with van der Waals surface area (Å²) >= 11 is 0. The van der Waals surface area contributed by atoms with Gasteiger partial charge in [-0.2, -0.15) is 0 Å². The van der Waals surface area contributed by atoms with Crippen LogP contribution in [0.15, 0.2) is 134 Å². The normalized spacial score (nSPS) is 23.9. The molecule has 2 aliphatic heterocycles. The topological polar surface area (TPSA) is 228 Å². The van der Waals surface area contributed by atoms with Gasteiger partial charge in [-0.15, -0.1) is 0 Å². The standard InChI is InChI=1S/C75H125NO13/c1-3-5-7-9-11-13-15-17-19-21-23-25-27-29-30-31-32-33-34-35-37-39-41-43-45-47-49-51-53-55-57-59-67(80)76-63(62-86-74-72(85)70(83)73(66(61-78)88-74)89-75-71(84)69(82)68(81)65(60-77)87-75)64(79)58-56-54-52-50-48-46-44-42-40-38-36-28-26-24-22-20-18-16-14-12-10-8-6-4-2/h5,7,11,13,17,19,23,25,29-30,32-33,35,37,41,43,47-50,56,58,63-66,68-75,77-79,81-85H,3-4,6,8-10,12,14-16,18,20-22,24,26-28,31,34,36,38-40,42,44-46,51-55,57,59-62H2,1-2H3,(H,76,80)/b7-5-,13-11-,19-17-,25-23-,30-29-,33-32-,37-35-,43-41-,49-47-,50-48+,58-56+. The molecule has 1 amide bonds. The Morgan fingerprint density at radius 1 is 0.416 bits per heavy atom. The minimum atomic E-state index is -1.80. The molecule has 0 aromatic carbocycles. The van der Waals surface area contributed by atoms with E-state index in [2.05, 4.69) is 141 Å². The minimum Gasteiger partial charge on any atom is -0.394 e. The van der Waals surface area contributed by atoms with E-state index >= 15 is 0 Å². The van der Waals surface area contributed by atoms with Crippen molar-refractivity contribution in [3.63, 3.8) is 0 Å². The average Bonchev–Trinajstić information content (AvgIpc) is 2.53. The van der Waals surface area contributed by atoms with Crippen LogP contribution in [0.2, 0.25) is 0 Å². The lowest BCUT2D eigenvalue weighted by atomic mass is 9.97. The van der Waals surface area contributed by atoms with E-state index in [1.807, 2.05) is 6.08 Å². The molecule has 2 saturated heterocycles. The smallest absolute Gasteiger partial charge is 0.220 e. The first-order chi connectivity index (χ1) is 43.6. The molecule has 2 heterocycles. The van der Waals surface area contributed by atoms with Crippen molar-refractivity contribution in [2.75, 3.05) is 19.8 Å². The molecule has 14 nitrogen and oxygen atoms in total. The highest BCUT2D eigenvalue weighted by Gasteiger charge is 2.51. The highest BCUT2D eigenvalue weighted by Crippen LogP contribution is 2.30. The summed E-state index contributed by atoms with van der Waals surface area (Å²) in [6, 6.07) is -0.962. The third-order valence-electron chi connectivity index (χ3n) is 16.1. The van der Waals surface area contributed by atoms with Gasteiger partial charge in [-0.05, 0) is 103 Å². The summed E-state index contributed by atoms with van der Waals surface area (Å²) in [5.74, 6) is -0.285. The lowest BCUT2D eigenvalue weighted by Gasteiger charge is -2.46. The van der Waals surface area contributed by atoms with Crippen molar-refractivity contribution in [1.29, 1.82) is 0 Å². The summed E-state index contributed by atoms with van der Waals surface area (Å²) in [7, 11) is 0. The molecular formula is C75H125NO13. The first-order valence-electron chi connectivity index (χ1n) is 34.9. The molecule has 14 heteroatoms. The molecule has 2 fully saturated rings. The van der Waals surface area contributed by atoms with Crippen molar-refractivity contribution in [2.45, 2.75) is 312 Å². The third kappa shape index (κ3) is 42.1. The fraction of sp³-hybridized carbons (Fsp3) is 0.693. The number of nitrogens with one attached hydrogen (secondary N) is 1. The first-order valence-corrected chi connectivity index (χ1v) is 34.9. The number of allylic oxidation sites excluding steroid dienone is 21. The second-order valence-corrected chi connectivity index (χ2v) is 23.9. The van der Waals surface area contributed by atoms with Gasteiger partial charge in [0.05, 0.1) is 32.0 Å². The number of ether oxygens (including phenoxy) is 4. The molecule has 0 radical (unpaired) electrons. The molecule has 2 rings (SSSR count). The van der Waals surface area contributed by atoms with Crippen LogP contribution in [-0.4, -0.2) is 140 Å². The Bertz CT molecular complexity index is 2010. The molecule has 89 heavy (non-hydrogen) atoms. The largest absolute Gasteiger partial charge is 0.394 e. The molecule has 12 atom stereocenters. The van der Waals surface area contributed by atoms with E-state index in [0.717, 1.165) is 89.9 Å². The van der Waals surface area contributed by atoms with Crippen LogP contribution in [-0.2, 0) is 23.7 Å². The molecule has 2 aliphatic rings. The van der Waals surface area contributed by atoms with E-state index < -0.39 is 86.8 Å². The molecule has 0 bridgehead atoms. The highest BCUT2D eigenvalue weighted by atomic mass is 16.7. The number of amides is 1. The number of rotatable bonds is 55. The first kappa shape index (κ1) is 81.2. The van der Waals surface area contributed by atoms with Gasteiger partial charge in [-0.1, -0.05) is 263 Å². The van der Waals surface area contributed by atoms with Crippen molar-refractivity contribution < 1.29 is 64.6 Å². The SMILES string of the molecule is CC/C=C\C/C=C\C/C=C\C/C=C\C/C=C\C/C=C\C/C=C\C/C=C\C/C=C\CCCCCC(=O)NC(COC1OC(CO)C(OC2OC(CO)C(O)C(O)C2O)C(O)C1O)C(O)/C=C/CC/C=C/CCCCCCCCCCCCCCCCCCCC. The van der Waals surface area contributed by atoms with E-state index in [4.69, 9.17) is 18.9 Å². The van der Waals surface area contributed by atoms with Crippen molar-refractivity contribution >= 4 is 5.91 Å². The molecule has 0 aliphatic carbocycles. The number of aliphatic hydroxyl groups is 8. The maximum absolute atomic E-state index is 13.3. The number of hydrogen-bond acceptors (Lipinski definition) is 13. The Labute approximate surface area is 539 Å².